The Balaban J connectivity index is 1.66. The van der Waals surface area contributed by atoms with E-state index in [4.69, 9.17) is 9.47 Å². The number of hydrogen-bond donors (Lipinski definition) is 0. The Labute approximate surface area is 168 Å². The summed E-state index contributed by atoms with van der Waals surface area (Å²) in [4.78, 5) is 25.7. The highest BCUT2D eigenvalue weighted by molar-refractivity contribution is 6.15. The van der Waals surface area contributed by atoms with Crippen LogP contribution in [0.2, 0.25) is 0 Å². The van der Waals surface area contributed by atoms with Crippen molar-refractivity contribution in [2.24, 2.45) is 5.92 Å². The van der Waals surface area contributed by atoms with Crippen molar-refractivity contribution in [2.45, 2.75) is 27.3 Å². The number of hydrogen-bond acceptors (Lipinski definition) is 6. The molecule has 0 amide bonds. The Morgan fingerprint density at radius 2 is 2.07 bits per heavy atom. The Kier molecular flexibility index (Phi) is 4.84. The van der Waals surface area contributed by atoms with E-state index in [9.17, 15) is 14.9 Å². The van der Waals surface area contributed by atoms with E-state index in [-0.39, 0.29) is 17.2 Å². The van der Waals surface area contributed by atoms with Gasteiger partial charge in [0.25, 0.3) is 5.69 Å². The molecule has 0 N–H and O–H groups in total. The number of ether oxygens (including phenoxy) is 2. The average Bonchev–Trinajstić information content (AvgIpc) is 2.98. The molecule has 0 aliphatic carbocycles. The van der Waals surface area contributed by atoms with E-state index in [0.29, 0.717) is 29.5 Å². The number of non-ortho nitro benzene ring substituents is 1. The summed E-state index contributed by atoms with van der Waals surface area (Å²) >= 11 is 0. The van der Waals surface area contributed by atoms with Gasteiger partial charge in [-0.15, -0.1) is 0 Å². The molecule has 0 saturated heterocycles. The standard InChI is InChI=1S/C22H22N2O5/c1-13(2)10-23-11-16-9-18-20(25)19(29-22(18)14(3)21(16)28-12-23)8-15-5-4-6-17(7-15)24(26)27/h4-9,13H,10-12H2,1-3H3/b19-8-. The highest BCUT2D eigenvalue weighted by Gasteiger charge is 2.33. The molecule has 0 radical (unpaired) electrons. The normalized spacial score (nSPS) is 17.1. The van der Waals surface area contributed by atoms with Crippen molar-refractivity contribution in [1.29, 1.82) is 0 Å². The zero-order chi connectivity index (χ0) is 20.7. The predicted octanol–water partition coefficient (Wildman–Crippen LogP) is 4.33. The van der Waals surface area contributed by atoms with Gasteiger partial charge in [0.05, 0.1) is 10.5 Å². The van der Waals surface area contributed by atoms with Gasteiger partial charge in [0.1, 0.15) is 18.2 Å². The van der Waals surface area contributed by atoms with Crippen molar-refractivity contribution in [3.63, 3.8) is 0 Å². The van der Waals surface area contributed by atoms with Gasteiger partial charge in [0.2, 0.25) is 5.78 Å². The summed E-state index contributed by atoms with van der Waals surface area (Å²) < 4.78 is 11.8. The summed E-state index contributed by atoms with van der Waals surface area (Å²) in [5.41, 5.74) is 2.79. The van der Waals surface area contributed by atoms with Crippen LogP contribution in [-0.2, 0) is 6.54 Å². The molecule has 7 heteroatoms. The number of carbonyl (C=O) groups excluding carboxylic acids is 1. The molecular formula is C22H22N2O5. The molecule has 7 nitrogen and oxygen atoms in total. The Morgan fingerprint density at radius 3 is 2.79 bits per heavy atom. The van der Waals surface area contributed by atoms with Crippen LogP contribution in [0.3, 0.4) is 0 Å². The molecule has 0 bridgehead atoms. The molecule has 2 heterocycles. The van der Waals surface area contributed by atoms with Gasteiger partial charge in [-0.25, -0.2) is 0 Å². The third kappa shape index (κ3) is 3.61. The second-order valence-electron chi connectivity index (χ2n) is 7.84. The van der Waals surface area contributed by atoms with E-state index >= 15 is 0 Å². The van der Waals surface area contributed by atoms with Crippen molar-refractivity contribution in [3.8, 4) is 11.5 Å². The first-order chi connectivity index (χ1) is 13.8. The molecule has 29 heavy (non-hydrogen) atoms. The zero-order valence-electron chi connectivity index (χ0n) is 16.6. The van der Waals surface area contributed by atoms with Crippen LogP contribution in [0.25, 0.3) is 6.08 Å². The smallest absolute Gasteiger partial charge is 0.270 e. The highest BCUT2D eigenvalue weighted by atomic mass is 16.6. The molecule has 0 spiro atoms. The number of Topliss-reactive ketones (excluding diaryl/α,β-unsaturated/α-hetero) is 1. The molecule has 2 aliphatic heterocycles. The first kappa shape index (κ1) is 19.1. The number of fused-ring (bicyclic) bond motifs is 2. The number of nitro benzene ring substituents is 1. The number of ketones is 1. The molecule has 2 aromatic carbocycles. The second-order valence-corrected chi connectivity index (χ2v) is 7.84. The maximum absolute atomic E-state index is 12.9. The van der Waals surface area contributed by atoms with Crippen molar-refractivity contribution < 1.29 is 19.2 Å². The molecule has 150 valence electrons. The van der Waals surface area contributed by atoms with Gasteiger partial charge in [-0.3, -0.25) is 19.8 Å². The molecule has 0 atom stereocenters. The van der Waals surface area contributed by atoms with Crippen molar-refractivity contribution >= 4 is 17.5 Å². The lowest BCUT2D eigenvalue weighted by atomic mass is 9.99. The van der Waals surface area contributed by atoms with Crippen LogP contribution in [0.4, 0.5) is 5.69 Å². The monoisotopic (exact) mass is 394 g/mol. The SMILES string of the molecule is Cc1c2c(cc3c1O/C(=C\c1cccc([N+](=O)[O-])c1)C3=O)CN(CC(C)C)CO2. The topological polar surface area (TPSA) is 81.9 Å². The predicted molar refractivity (Wildman–Crippen MR) is 108 cm³/mol. The summed E-state index contributed by atoms with van der Waals surface area (Å²) in [5, 5.41) is 11.0. The van der Waals surface area contributed by atoms with Gasteiger partial charge in [-0.05, 0) is 30.5 Å². The number of carbonyl (C=O) groups is 1. The fourth-order valence-electron chi connectivity index (χ4n) is 3.81. The second kappa shape index (κ2) is 7.33. The first-order valence-corrected chi connectivity index (χ1v) is 9.54. The average molecular weight is 394 g/mol. The largest absolute Gasteiger partial charge is 0.477 e. The zero-order valence-corrected chi connectivity index (χ0v) is 16.6. The maximum atomic E-state index is 12.9. The van der Waals surface area contributed by atoms with Gasteiger partial charge >= 0.3 is 0 Å². The van der Waals surface area contributed by atoms with Crippen LogP contribution in [0.15, 0.2) is 36.1 Å². The number of nitrogens with zero attached hydrogens (tertiary/aromatic N) is 2. The van der Waals surface area contributed by atoms with Crippen LogP contribution in [0.5, 0.6) is 11.5 Å². The van der Waals surface area contributed by atoms with Crippen LogP contribution < -0.4 is 9.47 Å². The van der Waals surface area contributed by atoms with E-state index in [2.05, 4.69) is 18.7 Å². The summed E-state index contributed by atoms with van der Waals surface area (Å²) in [5.74, 6) is 1.73. The molecule has 4 rings (SSSR count). The molecule has 2 aliphatic rings. The Bertz CT molecular complexity index is 1040. The third-order valence-electron chi connectivity index (χ3n) is 5.00. The Hall–Kier alpha value is -3.19. The molecule has 0 fully saturated rings. The lowest BCUT2D eigenvalue weighted by molar-refractivity contribution is -0.384. The Morgan fingerprint density at radius 1 is 1.28 bits per heavy atom. The van der Waals surface area contributed by atoms with Crippen molar-refractivity contribution in [3.05, 3.63) is 68.5 Å². The lowest BCUT2D eigenvalue weighted by Crippen LogP contribution is -2.35. The van der Waals surface area contributed by atoms with Crippen LogP contribution in [-0.4, -0.2) is 28.9 Å². The van der Waals surface area contributed by atoms with Crippen LogP contribution >= 0.6 is 0 Å². The van der Waals surface area contributed by atoms with Gasteiger partial charge in [-0.2, -0.15) is 0 Å². The van der Waals surface area contributed by atoms with Crippen LogP contribution in [0.1, 0.15) is 40.9 Å². The van der Waals surface area contributed by atoms with E-state index in [1.165, 1.54) is 12.1 Å². The molecule has 0 saturated carbocycles. The van der Waals surface area contributed by atoms with Gasteiger partial charge in [0.15, 0.2) is 5.76 Å². The third-order valence-corrected chi connectivity index (χ3v) is 5.00. The van der Waals surface area contributed by atoms with E-state index < -0.39 is 4.92 Å². The van der Waals surface area contributed by atoms with E-state index in [1.54, 1.807) is 18.2 Å². The van der Waals surface area contributed by atoms with E-state index in [1.807, 2.05) is 13.0 Å². The summed E-state index contributed by atoms with van der Waals surface area (Å²) in [6, 6.07) is 7.95. The number of allylic oxidation sites excluding steroid dienone is 1. The minimum Gasteiger partial charge on any atom is -0.477 e. The minimum atomic E-state index is -0.466. The molecule has 0 aromatic heterocycles. The maximum Gasteiger partial charge on any atom is 0.270 e. The lowest BCUT2D eigenvalue weighted by Gasteiger charge is -2.31. The fraction of sp³-hybridized carbons (Fsp3) is 0.318. The van der Waals surface area contributed by atoms with Gasteiger partial charge in [0, 0.05) is 36.3 Å². The van der Waals surface area contributed by atoms with Crippen molar-refractivity contribution in [1.82, 2.24) is 4.90 Å². The number of benzene rings is 2. The number of rotatable bonds is 4. The quantitative estimate of drug-likeness (QED) is 0.436. The molecule has 0 unspecified atom stereocenters. The van der Waals surface area contributed by atoms with Crippen LogP contribution in [0, 0.1) is 23.0 Å². The van der Waals surface area contributed by atoms with Crippen molar-refractivity contribution in [2.75, 3.05) is 13.3 Å². The minimum absolute atomic E-state index is 0.0346. The van der Waals surface area contributed by atoms with Gasteiger partial charge in [-0.1, -0.05) is 26.0 Å². The van der Waals surface area contributed by atoms with E-state index in [0.717, 1.165) is 30.0 Å². The molecular weight excluding hydrogens is 372 g/mol. The summed E-state index contributed by atoms with van der Waals surface area (Å²) in [6.07, 6.45) is 1.54. The molecule has 2 aromatic rings. The summed E-state index contributed by atoms with van der Waals surface area (Å²) in [6.45, 7) is 8.35. The summed E-state index contributed by atoms with van der Waals surface area (Å²) in [7, 11) is 0. The number of nitro groups is 1. The highest BCUT2D eigenvalue weighted by Crippen LogP contribution is 2.43. The fourth-order valence-corrected chi connectivity index (χ4v) is 3.81. The first-order valence-electron chi connectivity index (χ1n) is 9.54. The van der Waals surface area contributed by atoms with Gasteiger partial charge < -0.3 is 9.47 Å².